The third kappa shape index (κ3) is 3.32. The van der Waals surface area contributed by atoms with Gasteiger partial charge in [-0.25, -0.2) is 0 Å². The minimum Gasteiger partial charge on any atom is -0.338 e. The van der Waals surface area contributed by atoms with Crippen molar-refractivity contribution >= 4 is 17.5 Å². The van der Waals surface area contributed by atoms with Gasteiger partial charge in [-0.05, 0) is 41.5 Å². The van der Waals surface area contributed by atoms with Crippen LogP contribution in [0, 0.1) is 12.8 Å². The van der Waals surface area contributed by atoms with Crippen molar-refractivity contribution in [3.8, 4) is 0 Å². The number of benzene rings is 2. The first-order chi connectivity index (χ1) is 13.5. The Morgan fingerprint density at radius 3 is 2.57 bits per heavy atom. The third-order valence-corrected chi connectivity index (χ3v) is 6.08. The van der Waals surface area contributed by atoms with E-state index in [1.54, 1.807) is 0 Å². The summed E-state index contributed by atoms with van der Waals surface area (Å²) in [6, 6.07) is 14.5. The van der Waals surface area contributed by atoms with E-state index in [4.69, 9.17) is 0 Å². The highest BCUT2D eigenvalue weighted by Gasteiger charge is 2.39. The van der Waals surface area contributed by atoms with Gasteiger partial charge in [0.25, 0.3) is 0 Å². The first-order valence-corrected chi connectivity index (χ1v) is 10.2. The van der Waals surface area contributed by atoms with Gasteiger partial charge in [-0.15, -0.1) is 0 Å². The van der Waals surface area contributed by atoms with E-state index in [-0.39, 0.29) is 17.7 Å². The molecule has 1 saturated heterocycles. The van der Waals surface area contributed by atoms with Crippen LogP contribution < -0.4 is 4.90 Å². The number of para-hydroxylation sites is 1. The molecule has 4 nitrogen and oxygen atoms in total. The van der Waals surface area contributed by atoms with Crippen molar-refractivity contribution in [2.45, 2.75) is 46.1 Å². The molecule has 0 aromatic heterocycles. The maximum absolute atomic E-state index is 13.2. The van der Waals surface area contributed by atoms with Crippen molar-refractivity contribution in [1.29, 1.82) is 0 Å². The molecule has 2 amide bonds. The smallest absolute Gasteiger partial charge is 0.228 e. The van der Waals surface area contributed by atoms with Gasteiger partial charge in [0.05, 0.1) is 5.92 Å². The summed E-state index contributed by atoms with van der Waals surface area (Å²) in [5.74, 6) is 0.255. The number of fused-ring (bicyclic) bond motifs is 1. The molecule has 0 aliphatic carbocycles. The second kappa shape index (κ2) is 7.42. The summed E-state index contributed by atoms with van der Waals surface area (Å²) in [5, 5.41) is 0. The van der Waals surface area contributed by atoms with Crippen LogP contribution in [0.4, 0.5) is 5.69 Å². The van der Waals surface area contributed by atoms with Gasteiger partial charge >= 0.3 is 0 Å². The fourth-order valence-corrected chi connectivity index (χ4v) is 4.55. The highest BCUT2D eigenvalue weighted by molar-refractivity contribution is 6.01. The van der Waals surface area contributed by atoms with E-state index in [2.05, 4.69) is 38.1 Å². The van der Waals surface area contributed by atoms with Crippen LogP contribution in [0.5, 0.6) is 0 Å². The molecule has 1 unspecified atom stereocenters. The summed E-state index contributed by atoms with van der Waals surface area (Å²) in [4.78, 5) is 29.8. The summed E-state index contributed by atoms with van der Waals surface area (Å²) < 4.78 is 0. The third-order valence-electron chi connectivity index (χ3n) is 6.08. The molecule has 146 valence electrons. The molecule has 0 spiro atoms. The summed E-state index contributed by atoms with van der Waals surface area (Å²) >= 11 is 0. The molecule has 0 bridgehead atoms. The molecule has 0 N–H and O–H groups in total. The summed E-state index contributed by atoms with van der Waals surface area (Å²) in [7, 11) is 0. The van der Waals surface area contributed by atoms with Crippen LogP contribution in [0.3, 0.4) is 0 Å². The standard InChI is InChI=1S/C24H28N2O2/c1-16(2)21-10-6-7-17(3)23(21)26-15-20(13-22(26)27)24(28)25-12-11-18-8-4-5-9-19(18)14-25/h4-10,16,20H,11-15H2,1-3H3. The summed E-state index contributed by atoms with van der Waals surface area (Å²) in [5.41, 5.74) is 5.83. The fraction of sp³-hybridized carbons (Fsp3) is 0.417. The maximum Gasteiger partial charge on any atom is 0.228 e. The monoisotopic (exact) mass is 376 g/mol. The van der Waals surface area contributed by atoms with E-state index in [0.717, 1.165) is 24.2 Å². The van der Waals surface area contributed by atoms with Crippen LogP contribution >= 0.6 is 0 Å². The van der Waals surface area contributed by atoms with E-state index in [9.17, 15) is 9.59 Å². The molecule has 2 aliphatic heterocycles. The van der Waals surface area contributed by atoms with Gasteiger partial charge in [-0.2, -0.15) is 0 Å². The number of nitrogens with zero attached hydrogens (tertiary/aromatic N) is 2. The Bertz CT molecular complexity index is 919. The molecule has 2 aromatic carbocycles. The molecule has 2 aromatic rings. The van der Waals surface area contributed by atoms with Gasteiger partial charge in [0.1, 0.15) is 0 Å². The van der Waals surface area contributed by atoms with E-state index < -0.39 is 0 Å². The maximum atomic E-state index is 13.2. The van der Waals surface area contributed by atoms with Gasteiger partial charge in [-0.1, -0.05) is 56.3 Å². The molecule has 4 heteroatoms. The number of rotatable bonds is 3. The van der Waals surface area contributed by atoms with Crippen molar-refractivity contribution in [1.82, 2.24) is 4.90 Å². The van der Waals surface area contributed by atoms with Crippen molar-refractivity contribution in [2.24, 2.45) is 5.92 Å². The molecular formula is C24H28N2O2. The molecule has 28 heavy (non-hydrogen) atoms. The van der Waals surface area contributed by atoms with Gasteiger partial charge < -0.3 is 9.80 Å². The topological polar surface area (TPSA) is 40.6 Å². The van der Waals surface area contributed by atoms with Gasteiger partial charge in [-0.3, -0.25) is 9.59 Å². The predicted molar refractivity (Wildman–Crippen MR) is 111 cm³/mol. The Hall–Kier alpha value is -2.62. The minimum atomic E-state index is -0.252. The first-order valence-electron chi connectivity index (χ1n) is 10.2. The molecule has 1 fully saturated rings. The minimum absolute atomic E-state index is 0.0620. The lowest BCUT2D eigenvalue weighted by atomic mass is 9.97. The van der Waals surface area contributed by atoms with Crippen LogP contribution in [-0.2, 0) is 22.6 Å². The quantitative estimate of drug-likeness (QED) is 0.811. The Kier molecular flexibility index (Phi) is 4.96. The largest absolute Gasteiger partial charge is 0.338 e. The van der Waals surface area contributed by atoms with Crippen LogP contribution in [0.25, 0.3) is 0 Å². The first kappa shape index (κ1) is 18.7. The van der Waals surface area contributed by atoms with Gasteiger partial charge in [0.15, 0.2) is 0 Å². The second-order valence-corrected chi connectivity index (χ2v) is 8.35. The van der Waals surface area contributed by atoms with Gasteiger partial charge in [0, 0.05) is 31.7 Å². The summed E-state index contributed by atoms with van der Waals surface area (Å²) in [6.07, 6.45) is 1.20. The van der Waals surface area contributed by atoms with Crippen LogP contribution in [-0.4, -0.2) is 29.8 Å². The van der Waals surface area contributed by atoms with Crippen molar-refractivity contribution in [3.05, 3.63) is 64.7 Å². The van der Waals surface area contributed by atoms with Crippen LogP contribution in [0.15, 0.2) is 42.5 Å². The second-order valence-electron chi connectivity index (χ2n) is 8.35. The molecule has 1 atom stereocenters. The Balaban J connectivity index is 1.54. The van der Waals surface area contributed by atoms with Crippen molar-refractivity contribution < 1.29 is 9.59 Å². The average molecular weight is 377 g/mol. The van der Waals surface area contributed by atoms with Crippen molar-refractivity contribution in [2.75, 3.05) is 18.0 Å². The fourth-order valence-electron chi connectivity index (χ4n) is 4.55. The summed E-state index contributed by atoms with van der Waals surface area (Å²) in [6.45, 7) is 8.22. The lowest BCUT2D eigenvalue weighted by Crippen LogP contribution is -2.40. The number of carbonyl (C=O) groups excluding carboxylic acids is 2. The predicted octanol–water partition coefficient (Wildman–Crippen LogP) is 4.06. The zero-order valence-electron chi connectivity index (χ0n) is 16.9. The molecule has 0 radical (unpaired) electrons. The number of amides is 2. The van der Waals surface area contributed by atoms with E-state index in [1.165, 1.54) is 16.7 Å². The lowest BCUT2D eigenvalue weighted by Gasteiger charge is -2.31. The number of hydrogen-bond acceptors (Lipinski definition) is 2. The normalized spacial score (nSPS) is 19.3. The van der Waals surface area contributed by atoms with E-state index >= 15 is 0 Å². The van der Waals surface area contributed by atoms with Crippen molar-refractivity contribution in [3.63, 3.8) is 0 Å². The highest BCUT2D eigenvalue weighted by Crippen LogP contribution is 2.35. The van der Waals surface area contributed by atoms with E-state index in [0.29, 0.717) is 25.4 Å². The molecule has 2 aliphatic rings. The zero-order valence-corrected chi connectivity index (χ0v) is 16.9. The average Bonchev–Trinajstić information content (AvgIpc) is 3.08. The van der Waals surface area contributed by atoms with Gasteiger partial charge in [0.2, 0.25) is 11.8 Å². The van der Waals surface area contributed by atoms with Crippen LogP contribution in [0.1, 0.15) is 48.4 Å². The van der Waals surface area contributed by atoms with E-state index in [1.807, 2.05) is 34.9 Å². The number of aryl methyl sites for hydroxylation is 1. The number of carbonyl (C=O) groups is 2. The molecule has 4 rings (SSSR count). The Labute approximate surface area is 167 Å². The number of hydrogen-bond donors (Lipinski definition) is 0. The zero-order chi connectivity index (χ0) is 19.8. The molecule has 2 heterocycles. The lowest BCUT2D eigenvalue weighted by molar-refractivity contribution is -0.136. The Morgan fingerprint density at radius 2 is 1.82 bits per heavy atom. The highest BCUT2D eigenvalue weighted by atomic mass is 16.2. The van der Waals surface area contributed by atoms with Crippen LogP contribution in [0.2, 0.25) is 0 Å². The number of anilines is 1. The molecular weight excluding hydrogens is 348 g/mol. The Morgan fingerprint density at radius 1 is 1.07 bits per heavy atom. The SMILES string of the molecule is Cc1cccc(C(C)C)c1N1CC(C(=O)N2CCc3ccccc3C2)CC1=O. The molecule has 0 saturated carbocycles.